The number of aromatic nitrogens is 4. The van der Waals surface area contributed by atoms with E-state index in [4.69, 9.17) is 0 Å². The Morgan fingerprint density at radius 1 is 0.889 bits per heavy atom. The Morgan fingerprint density at radius 3 is 2.26 bits per heavy atom. The van der Waals surface area contributed by atoms with Crippen LogP contribution in [0.1, 0.15) is 37.3 Å². The van der Waals surface area contributed by atoms with Gasteiger partial charge in [0, 0.05) is 49.0 Å². The summed E-state index contributed by atoms with van der Waals surface area (Å²) in [4.78, 5) is 20.5. The third-order valence-electron chi connectivity index (χ3n) is 5.19. The first kappa shape index (κ1) is 17.5. The lowest BCUT2D eigenvalue weighted by molar-refractivity contribution is 0.269. The van der Waals surface area contributed by atoms with Gasteiger partial charge in [0.2, 0.25) is 0 Å². The fourth-order valence-electron chi connectivity index (χ4n) is 3.65. The molecular weight excluding hydrogens is 338 g/mol. The van der Waals surface area contributed by atoms with Crippen LogP contribution in [-0.2, 0) is 6.54 Å². The molecule has 0 aromatic carbocycles. The van der Waals surface area contributed by atoms with E-state index in [1.54, 1.807) is 29.2 Å². The van der Waals surface area contributed by atoms with Crippen molar-refractivity contribution in [3.63, 3.8) is 0 Å². The third kappa shape index (κ3) is 4.28. The molecule has 0 amide bonds. The predicted octanol–water partition coefficient (Wildman–Crippen LogP) is 2.97. The standard InChI is InChI=1S/C21H23N5O/c27-21-6-5-20(17-9-13-23-14-10-17)25-26(21)19-3-1-18(2-4-19)24-15-16-7-11-22-12-8-16/h5-14,18-19,24H,1-4,15H2. The van der Waals surface area contributed by atoms with Crippen molar-refractivity contribution in [1.82, 2.24) is 25.1 Å². The average molecular weight is 361 g/mol. The largest absolute Gasteiger partial charge is 0.310 e. The molecule has 0 bridgehead atoms. The van der Waals surface area contributed by atoms with E-state index >= 15 is 0 Å². The zero-order chi connectivity index (χ0) is 18.5. The van der Waals surface area contributed by atoms with E-state index < -0.39 is 0 Å². The van der Waals surface area contributed by atoms with Gasteiger partial charge in [0.25, 0.3) is 5.56 Å². The van der Waals surface area contributed by atoms with E-state index in [0.717, 1.165) is 43.5 Å². The second-order valence-electron chi connectivity index (χ2n) is 6.98. The molecule has 1 aliphatic rings. The molecule has 3 aromatic rings. The number of rotatable bonds is 5. The number of nitrogens with zero attached hydrogens (tertiary/aromatic N) is 4. The quantitative estimate of drug-likeness (QED) is 0.756. The Balaban J connectivity index is 1.40. The van der Waals surface area contributed by atoms with Gasteiger partial charge in [-0.1, -0.05) is 0 Å². The van der Waals surface area contributed by atoms with Gasteiger partial charge < -0.3 is 5.32 Å². The molecule has 1 aliphatic carbocycles. The summed E-state index contributed by atoms with van der Waals surface area (Å²) in [5.74, 6) is 0. The lowest BCUT2D eigenvalue weighted by atomic mass is 9.91. The summed E-state index contributed by atoms with van der Waals surface area (Å²) in [6.45, 7) is 0.855. The normalized spacial score (nSPS) is 19.7. The highest BCUT2D eigenvalue weighted by atomic mass is 16.1. The van der Waals surface area contributed by atoms with E-state index in [2.05, 4.69) is 20.4 Å². The number of nitrogens with one attached hydrogen (secondary N) is 1. The first-order valence-corrected chi connectivity index (χ1v) is 9.42. The van der Waals surface area contributed by atoms with Crippen LogP contribution in [0.3, 0.4) is 0 Å². The molecule has 0 aliphatic heterocycles. The van der Waals surface area contributed by atoms with E-state index in [-0.39, 0.29) is 11.6 Å². The Labute approximate surface area is 158 Å². The van der Waals surface area contributed by atoms with Crippen molar-refractivity contribution in [1.29, 1.82) is 0 Å². The van der Waals surface area contributed by atoms with Crippen molar-refractivity contribution in [2.24, 2.45) is 0 Å². The summed E-state index contributed by atoms with van der Waals surface area (Å²) in [6, 6.07) is 12.0. The highest BCUT2D eigenvalue weighted by molar-refractivity contribution is 5.57. The van der Waals surface area contributed by atoms with Crippen molar-refractivity contribution in [3.05, 3.63) is 77.1 Å². The van der Waals surface area contributed by atoms with Crippen LogP contribution in [0.4, 0.5) is 0 Å². The summed E-state index contributed by atoms with van der Waals surface area (Å²) in [6.07, 6.45) is 11.1. The minimum Gasteiger partial charge on any atom is -0.310 e. The van der Waals surface area contributed by atoms with Crippen LogP contribution < -0.4 is 10.9 Å². The van der Waals surface area contributed by atoms with Gasteiger partial charge in [0.1, 0.15) is 0 Å². The van der Waals surface area contributed by atoms with Gasteiger partial charge in [-0.05, 0) is 61.6 Å². The Bertz CT molecular complexity index is 918. The summed E-state index contributed by atoms with van der Waals surface area (Å²) in [5, 5.41) is 8.25. The smallest absolute Gasteiger partial charge is 0.267 e. The van der Waals surface area contributed by atoms with E-state index in [1.807, 2.05) is 36.7 Å². The number of hydrogen-bond acceptors (Lipinski definition) is 5. The SMILES string of the molecule is O=c1ccc(-c2ccncc2)nn1C1CCC(NCc2ccncc2)CC1. The molecule has 0 atom stereocenters. The summed E-state index contributed by atoms with van der Waals surface area (Å²) in [5.41, 5.74) is 3.01. The van der Waals surface area contributed by atoms with Crippen LogP contribution >= 0.6 is 0 Å². The van der Waals surface area contributed by atoms with E-state index in [1.165, 1.54) is 5.56 Å². The van der Waals surface area contributed by atoms with Crippen LogP contribution in [0.15, 0.2) is 66.0 Å². The van der Waals surface area contributed by atoms with Crippen molar-refractivity contribution in [3.8, 4) is 11.3 Å². The highest BCUT2D eigenvalue weighted by Gasteiger charge is 2.23. The molecule has 27 heavy (non-hydrogen) atoms. The Kier molecular flexibility index (Phi) is 5.34. The molecule has 3 aromatic heterocycles. The maximum absolute atomic E-state index is 12.4. The molecule has 1 fully saturated rings. The fourth-order valence-corrected chi connectivity index (χ4v) is 3.65. The molecule has 3 heterocycles. The van der Waals surface area contributed by atoms with E-state index in [9.17, 15) is 4.79 Å². The highest BCUT2D eigenvalue weighted by Crippen LogP contribution is 2.27. The Hall–Kier alpha value is -2.86. The summed E-state index contributed by atoms with van der Waals surface area (Å²) in [7, 11) is 0. The maximum Gasteiger partial charge on any atom is 0.267 e. The molecular formula is C21H23N5O. The topological polar surface area (TPSA) is 72.7 Å². The minimum atomic E-state index is -0.0269. The lowest BCUT2D eigenvalue weighted by Crippen LogP contribution is -2.36. The van der Waals surface area contributed by atoms with Gasteiger partial charge in [-0.3, -0.25) is 14.8 Å². The third-order valence-corrected chi connectivity index (χ3v) is 5.19. The van der Waals surface area contributed by atoms with Gasteiger partial charge in [-0.15, -0.1) is 0 Å². The molecule has 0 saturated heterocycles. The fraction of sp³-hybridized carbons (Fsp3) is 0.333. The monoisotopic (exact) mass is 361 g/mol. The van der Waals surface area contributed by atoms with Gasteiger partial charge in [-0.2, -0.15) is 5.10 Å². The molecule has 4 rings (SSSR count). The summed E-state index contributed by atoms with van der Waals surface area (Å²) < 4.78 is 1.68. The number of hydrogen-bond donors (Lipinski definition) is 1. The molecule has 0 spiro atoms. The molecule has 6 heteroatoms. The van der Waals surface area contributed by atoms with Crippen molar-refractivity contribution in [2.75, 3.05) is 0 Å². The molecule has 138 valence electrons. The molecule has 6 nitrogen and oxygen atoms in total. The lowest BCUT2D eigenvalue weighted by Gasteiger charge is -2.29. The van der Waals surface area contributed by atoms with Gasteiger partial charge in [-0.25, -0.2) is 4.68 Å². The van der Waals surface area contributed by atoms with Crippen molar-refractivity contribution < 1.29 is 0 Å². The zero-order valence-corrected chi connectivity index (χ0v) is 15.2. The van der Waals surface area contributed by atoms with E-state index in [0.29, 0.717) is 6.04 Å². The first-order chi connectivity index (χ1) is 13.3. The van der Waals surface area contributed by atoms with Crippen molar-refractivity contribution >= 4 is 0 Å². The molecule has 1 saturated carbocycles. The zero-order valence-electron chi connectivity index (χ0n) is 15.2. The van der Waals surface area contributed by atoms with Gasteiger partial charge >= 0.3 is 0 Å². The van der Waals surface area contributed by atoms with Crippen LogP contribution in [-0.4, -0.2) is 25.8 Å². The molecule has 0 unspecified atom stereocenters. The first-order valence-electron chi connectivity index (χ1n) is 9.42. The second-order valence-corrected chi connectivity index (χ2v) is 6.98. The van der Waals surface area contributed by atoms with Gasteiger partial charge in [0.15, 0.2) is 0 Å². The van der Waals surface area contributed by atoms with Crippen LogP contribution in [0, 0.1) is 0 Å². The number of pyridine rings is 2. The Morgan fingerprint density at radius 2 is 1.56 bits per heavy atom. The maximum atomic E-state index is 12.4. The molecule has 0 radical (unpaired) electrons. The molecule has 1 N–H and O–H groups in total. The van der Waals surface area contributed by atoms with Crippen LogP contribution in [0.2, 0.25) is 0 Å². The van der Waals surface area contributed by atoms with Crippen molar-refractivity contribution in [2.45, 2.75) is 44.3 Å². The predicted molar refractivity (Wildman–Crippen MR) is 104 cm³/mol. The van der Waals surface area contributed by atoms with Crippen LogP contribution in [0.25, 0.3) is 11.3 Å². The summed E-state index contributed by atoms with van der Waals surface area (Å²) >= 11 is 0. The minimum absolute atomic E-state index is 0.0269. The second kappa shape index (κ2) is 8.22. The van der Waals surface area contributed by atoms with Crippen LogP contribution in [0.5, 0.6) is 0 Å². The average Bonchev–Trinajstić information content (AvgIpc) is 2.74. The van der Waals surface area contributed by atoms with Gasteiger partial charge in [0.05, 0.1) is 11.7 Å².